The fraction of sp³-hybridized carbons (Fsp3) is 0.364. The maximum atomic E-state index is 11.6. The molecule has 0 saturated heterocycles. The Morgan fingerprint density at radius 2 is 2.00 bits per heavy atom. The molecule has 0 aromatic heterocycles. The highest BCUT2D eigenvalue weighted by atomic mass is 32.2. The van der Waals surface area contributed by atoms with Crippen molar-refractivity contribution in [1.82, 2.24) is 0 Å². The molecule has 14 heavy (non-hydrogen) atoms. The third-order valence-corrected chi connectivity index (χ3v) is 3.53. The normalized spacial score (nSPS) is 10.2. The molecule has 0 N–H and O–H groups in total. The number of thioether (sulfide) groups is 2. The summed E-state index contributed by atoms with van der Waals surface area (Å²) in [5, 5.41) is 0. The Balaban J connectivity index is 3.11. The highest BCUT2D eigenvalue weighted by Crippen LogP contribution is 2.26. The largest absolute Gasteiger partial charge is 0.294 e. The third-order valence-electron chi connectivity index (χ3n) is 2.03. The minimum absolute atomic E-state index is 0.224. The van der Waals surface area contributed by atoms with Crippen LogP contribution < -0.4 is 0 Å². The van der Waals surface area contributed by atoms with Crippen molar-refractivity contribution in [2.45, 2.75) is 23.1 Å². The van der Waals surface area contributed by atoms with Crippen LogP contribution in [0.15, 0.2) is 28.0 Å². The topological polar surface area (TPSA) is 17.1 Å². The van der Waals surface area contributed by atoms with E-state index in [0.29, 0.717) is 6.42 Å². The van der Waals surface area contributed by atoms with Gasteiger partial charge in [-0.1, -0.05) is 6.92 Å². The van der Waals surface area contributed by atoms with E-state index in [1.165, 1.54) is 4.90 Å². The first-order chi connectivity index (χ1) is 6.72. The molecular formula is C11H14OS2. The monoisotopic (exact) mass is 226 g/mol. The molecule has 0 bridgehead atoms. The van der Waals surface area contributed by atoms with E-state index in [9.17, 15) is 4.79 Å². The smallest absolute Gasteiger partial charge is 0.163 e. The van der Waals surface area contributed by atoms with E-state index < -0.39 is 0 Å². The highest BCUT2D eigenvalue weighted by Gasteiger charge is 2.09. The van der Waals surface area contributed by atoms with Gasteiger partial charge in [0.05, 0.1) is 0 Å². The maximum Gasteiger partial charge on any atom is 0.163 e. The van der Waals surface area contributed by atoms with E-state index in [-0.39, 0.29) is 5.78 Å². The molecule has 0 spiro atoms. The van der Waals surface area contributed by atoms with Crippen LogP contribution in [0.3, 0.4) is 0 Å². The van der Waals surface area contributed by atoms with Crippen molar-refractivity contribution in [2.24, 2.45) is 0 Å². The van der Waals surface area contributed by atoms with E-state index in [1.807, 2.05) is 31.6 Å². The van der Waals surface area contributed by atoms with Crippen LogP contribution in [0.25, 0.3) is 0 Å². The second-order valence-corrected chi connectivity index (χ2v) is 4.57. The van der Waals surface area contributed by atoms with Crippen molar-refractivity contribution in [3.63, 3.8) is 0 Å². The van der Waals surface area contributed by atoms with E-state index >= 15 is 0 Å². The molecule has 0 aliphatic heterocycles. The van der Waals surface area contributed by atoms with Gasteiger partial charge in [0, 0.05) is 21.8 Å². The van der Waals surface area contributed by atoms with E-state index in [4.69, 9.17) is 0 Å². The molecule has 1 aromatic rings. The summed E-state index contributed by atoms with van der Waals surface area (Å²) in [4.78, 5) is 13.9. The molecule has 0 aliphatic rings. The molecule has 0 atom stereocenters. The second-order valence-electron chi connectivity index (χ2n) is 2.84. The van der Waals surface area contributed by atoms with Crippen molar-refractivity contribution in [3.8, 4) is 0 Å². The van der Waals surface area contributed by atoms with Crippen molar-refractivity contribution in [2.75, 3.05) is 12.5 Å². The molecule has 0 unspecified atom stereocenters. The first-order valence-electron chi connectivity index (χ1n) is 4.48. The van der Waals surface area contributed by atoms with Crippen molar-refractivity contribution >= 4 is 29.3 Å². The highest BCUT2D eigenvalue weighted by molar-refractivity contribution is 7.99. The average Bonchev–Trinajstić information content (AvgIpc) is 2.27. The van der Waals surface area contributed by atoms with Gasteiger partial charge in [-0.05, 0) is 30.7 Å². The predicted molar refractivity (Wildman–Crippen MR) is 64.6 cm³/mol. The molecule has 0 saturated carbocycles. The fourth-order valence-electron chi connectivity index (χ4n) is 1.22. The standard InChI is InChI=1S/C11H14OS2/c1-4-10(12)9-6-5-8(13-2)7-11(9)14-3/h5-7H,4H2,1-3H3. The number of hydrogen-bond acceptors (Lipinski definition) is 3. The van der Waals surface area contributed by atoms with Gasteiger partial charge in [0.2, 0.25) is 0 Å². The number of carbonyl (C=O) groups excluding carboxylic acids is 1. The minimum atomic E-state index is 0.224. The summed E-state index contributed by atoms with van der Waals surface area (Å²) < 4.78 is 0. The summed E-state index contributed by atoms with van der Waals surface area (Å²) in [7, 11) is 0. The Kier molecular flexibility index (Phi) is 4.55. The summed E-state index contributed by atoms with van der Waals surface area (Å²) >= 11 is 3.34. The molecule has 0 aliphatic carbocycles. The van der Waals surface area contributed by atoms with E-state index in [2.05, 4.69) is 6.07 Å². The molecule has 76 valence electrons. The lowest BCUT2D eigenvalue weighted by molar-refractivity contribution is 0.0985. The van der Waals surface area contributed by atoms with Crippen LogP contribution in [-0.4, -0.2) is 18.3 Å². The van der Waals surface area contributed by atoms with Gasteiger partial charge in [-0.2, -0.15) is 0 Å². The Hall–Kier alpha value is -0.410. The van der Waals surface area contributed by atoms with Crippen LogP contribution in [0.5, 0.6) is 0 Å². The first-order valence-corrected chi connectivity index (χ1v) is 6.93. The van der Waals surface area contributed by atoms with Crippen LogP contribution in [0, 0.1) is 0 Å². The van der Waals surface area contributed by atoms with Crippen LogP contribution in [0.1, 0.15) is 23.7 Å². The lowest BCUT2D eigenvalue weighted by Crippen LogP contribution is -1.98. The number of carbonyl (C=O) groups is 1. The molecule has 0 radical (unpaired) electrons. The van der Waals surface area contributed by atoms with Gasteiger partial charge in [0.15, 0.2) is 5.78 Å². The molecule has 1 aromatic carbocycles. The Bertz CT molecular complexity index is 334. The van der Waals surface area contributed by atoms with Gasteiger partial charge in [0.25, 0.3) is 0 Å². The summed E-state index contributed by atoms with van der Waals surface area (Å²) in [6.45, 7) is 1.90. The minimum Gasteiger partial charge on any atom is -0.294 e. The van der Waals surface area contributed by atoms with Gasteiger partial charge in [-0.25, -0.2) is 0 Å². The number of Topliss-reactive ketones (excluding diaryl/α,β-unsaturated/α-hetero) is 1. The Labute approximate surface area is 93.7 Å². The van der Waals surface area contributed by atoms with Crippen molar-refractivity contribution in [3.05, 3.63) is 23.8 Å². The van der Waals surface area contributed by atoms with Crippen molar-refractivity contribution < 1.29 is 4.79 Å². The van der Waals surface area contributed by atoms with Gasteiger partial charge >= 0.3 is 0 Å². The second kappa shape index (κ2) is 5.47. The van der Waals surface area contributed by atoms with Gasteiger partial charge in [-0.3, -0.25) is 4.79 Å². The number of rotatable bonds is 4. The summed E-state index contributed by atoms with van der Waals surface area (Å²) in [6, 6.07) is 6.02. The molecule has 3 heteroatoms. The van der Waals surface area contributed by atoms with Crippen LogP contribution in [-0.2, 0) is 0 Å². The summed E-state index contributed by atoms with van der Waals surface area (Å²) in [6.07, 6.45) is 4.62. The Morgan fingerprint density at radius 3 is 2.50 bits per heavy atom. The number of ketones is 1. The molecule has 0 heterocycles. The number of benzene rings is 1. The maximum absolute atomic E-state index is 11.6. The summed E-state index contributed by atoms with van der Waals surface area (Å²) in [5.74, 6) is 0.224. The molecular weight excluding hydrogens is 212 g/mol. The van der Waals surface area contributed by atoms with Gasteiger partial charge in [0.1, 0.15) is 0 Å². The third kappa shape index (κ3) is 2.55. The molecule has 0 amide bonds. The van der Waals surface area contributed by atoms with Crippen LogP contribution in [0.2, 0.25) is 0 Å². The fourth-order valence-corrected chi connectivity index (χ4v) is 2.38. The molecule has 1 nitrogen and oxygen atoms in total. The zero-order chi connectivity index (χ0) is 10.6. The Morgan fingerprint density at radius 1 is 1.29 bits per heavy atom. The van der Waals surface area contributed by atoms with Crippen molar-refractivity contribution in [1.29, 1.82) is 0 Å². The first kappa shape index (κ1) is 11.7. The molecule has 0 fully saturated rings. The zero-order valence-corrected chi connectivity index (χ0v) is 10.3. The SMILES string of the molecule is CCC(=O)c1ccc(SC)cc1SC. The summed E-state index contributed by atoms with van der Waals surface area (Å²) in [5.41, 5.74) is 0.859. The van der Waals surface area contributed by atoms with Crippen LogP contribution >= 0.6 is 23.5 Å². The lowest BCUT2D eigenvalue weighted by atomic mass is 10.1. The van der Waals surface area contributed by atoms with E-state index in [1.54, 1.807) is 23.5 Å². The predicted octanol–water partition coefficient (Wildman–Crippen LogP) is 3.72. The quantitative estimate of drug-likeness (QED) is 0.575. The zero-order valence-electron chi connectivity index (χ0n) is 8.66. The lowest BCUT2D eigenvalue weighted by Gasteiger charge is -2.06. The van der Waals surface area contributed by atoms with Gasteiger partial charge < -0.3 is 0 Å². The van der Waals surface area contributed by atoms with E-state index in [0.717, 1.165) is 10.5 Å². The average molecular weight is 226 g/mol. The number of hydrogen-bond donors (Lipinski definition) is 0. The van der Waals surface area contributed by atoms with Crippen LogP contribution in [0.4, 0.5) is 0 Å². The molecule has 1 rings (SSSR count). The van der Waals surface area contributed by atoms with Gasteiger partial charge in [-0.15, -0.1) is 23.5 Å².